The van der Waals surface area contributed by atoms with Gasteiger partial charge in [-0.25, -0.2) is 0 Å². The molecule has 0 bridgehead atoms. The Bertz CT molecular complexity index is 170. The van der Waals surface area contributed by atoms with E-state index in [1.807, 2.05) is 0 Å². The first-order valence-electron chi connectivity index (χ1n) is 2.34. The van der Waals surface area contributed by atoms with Crippen molar-refractivity contribution in [2.24, 2.45) is 11.5 Å². The topological polar surface area (TPSA) is 72.3 Å². The molecule has 0 amide bonds. The van der Waals surface area contributed by atoms with Gasteiger partial charge in [0.2, 0.25) is 0 Å². The van der Waals surface area contributed by atoms with Crippen molar-refractivity contribution in [3.8, 4) is 0 Å². The average molecular weight is 126 g/mol. The molecular weight excluding hydrogens is 116 g/mol. The van der Waals surface area contributed by atoms with Crippen molar-refractivity contribution in [3.05, 3.63) is 36.4 Å². The van der Waals surface area contributed by atoms with Gasteiger partial charge in [-0.05, 0) is 6.08 Å². The van der Waals surface area contributed by atoms with Crippen LogP contribution in [-0.4, -0.2) is 5.11 Å². The van der Waals surface area contributed by atoms with Crippen LogP contribution in [0.3, 0.4) is 0 Å². The zero-order valence-electron chi connectivity index (χ0n) is 5.09. The van der Waals surface area contributed by atoms with Gasteiger partial charge in [0, 0.05) is 5.70 Å². The maximum atomic E-state index is 8.59. The van der Waals surface area contributed by atoms with E-state index in [-0.39, 0.29) is 11.5 Å². The van der Waals surface area contributed by atoms with Crippen molar-refractivity contribution >= 4 is 0 Å². The minimum Gasteiger partial charge on any atom is -0.506 e. The second-order valence-corrected chi connectivity index (χ2v) is 1.62. The summed E-state index contributed by atoms with van der Waals surface area (Å²) in [6.45, 7) is 6.52. The maximum Gasteiger partial charge on any atom is 0.131 e. The molecule has 0 aromatic carbocycles. The minimum absolute atomic E-state index is 0.141. The molecule has 0 radical (unpaired) electrons. The second kappa shape index (κ2) is 2.81. The zero-order chi connectivity index (χ0) is 7.44. The van der Waals surface area contributed by atoms with E-state index >= 15 is 0 Å². The fourth-order valence-corrected chi connectivity index (χ4v) is 0.283. The monoisotopic (exact) mass is 126 g/mol. The van der Waals surface area contributed by atoms with Gasteiger partial charge in [-0.3, -0.25) is 0 Å². The summed E-state index contributed by atoms with van der Waals surface area (Å²) < 4.78 is 0. The van der Waals surface area contributed by atoms with Crippen LogP contribution in [0.1, 0.15) is 0 Å². The van der Waals surface area contributed by atoms with E-state index in [0.29, 0.717) is 5.70 Å². The Balaban J connectivity index is 4.17. The first kappa shape index (κ1) is 7.62. The van der Waals surface area contributed by atoms with Crippen LogP contribution in [0.25, 0.3) is 0 Å². The number of rotatable bonds is 2. The molecule has 0 heterocycles. The van der Waals surface area contributed by atoms with Gasteiger partial charge in [0.25, 0.3) is 0 Å². The standard InChI is InChI=1S/C6H10N2O/c1-4(7)3-6(8)5(2)9/h3,9H,1-2,7-8H2/b6-3+. The van der Waals surface area contributed by atoms with Crippen molar-refractivity contribution < 1.29 is 5.11 Å². The number of nitrogens with two attached hydrogens (primary N) is 2. The number of hydrogen-bond donors (Lipinski definition) is 3. The predicted octanol–water partition coefficient (Wildman–Crippen LogP) is 0.373. The quantitative estimate of drug-likeness (QED) is 0.370. The third-order valence-electron chi connectivity index (χ3n) is 0.674. The highest BCUT2D eigenvalue weighted by molar-refractivity contribution is 5.26. The number of allylic oxidation sites excluding steroid dienone is 1. The van der Waals surface area contributed by atoms with Gasteiger partial charge in [-0.2, -0.15) is 0 Å². The zero-order valence-corrected chi connectivity index (χ0v) is 5.09. The molecule has 0 aromatic heterocycles. The highest BCUT2D eigenvalue weighted by Crippen LogP contribution is 1.96. The molecular formula is C6H10N2O. The summed E-state index contributed by atoms with van der Waals surface area (Å²) in [5.74, 6) is -0.193. The summed E-state index contributed by atoms with van der Waals surface area (Å²) >= 11 is 0. The van der Waals surface area contributed by atoms with Gasteiger partial charge in [-0.15, -0.1) is 0 Å². The number of aliphatic hydroxyl groups is 1. The third kappa shape index (κ3) is 3.22. The third-order valence-corrected chi connectivity index (χ3v) is 0.674. The van der Waals surface area contributed by atoms with E-state index < -0.39 is 0 Å². The molecule has 3 nitrogen and oxygen atoms in total. The van der Waals surface area contributed by atoms with Gasteiger partial charge < -0.3 is 16.6 Å². The number of hydrogen-bond acceptors (Lipinski definition) is 3. The second-order valence-electron chi connectivity index (χ2n) is 1.62. The van der Waals surface area contributed by atoms with Crippen LogP contribution in [0.4, 0.5) is 0 Å². The highest BCUT2D eigenvalue weighted by atomic mass is 16.3. The van der Waals surface area contributed by atoms with Crippen LogP contribution < -0.4 is 11.5 Å². The molecule has 0 aliphatic carbocycles. The molecule has 0 saturated carbocycles. The SMILES string of the molecule is C=C(N)/C=C(/N)C(=C)O. The van der Waals surface area contributed by atoms with Gasteiger partial charge in [0.05, 0.1) is 5.70 Å². The maximum absolute atomic E-state index is 8.59. The highest BCUT2D eigenvalue weighted by Gasteiger charge is 1.90. The van der Waals surface area contributed by atoms with E-state index in [9.17, 15) is 0 Å². The number of aliphatic hydroxyl groups excluding tert-OH is 1. The predicted molar refractivity (Wildman–Crippen MR) is 37.4 cm³/mol. The molecule has 5 N–H and O–H groups in total. The fourth-order valence-electron chi connectivity index (χ4n) is 0.283. The van der Waals surface area contributed by atoms with Crippen LogP contribution in [-0.2, 0) is 0 Å². The van der Waals surface area contributed by atoms with Gasteiger partial charge >= 0.3 is 0 Å². The van der Waals surface area contributed by atoms with Gasteiger partial charge in [0.15, 0.2) is 0 Å². The van der Waals surface area contributed by atoms with E-state index in [1.165, 1.54) is 6.08 Å². The first-order chi connectivity index (χ1) is 4.04. The normalized spacial score (nSPS) is 10.9. The summed E-state index contributed by atoms with van der Waals surface area (Å²) in [6, 6.07) is 0. The van der Waals surface area contributed by atoms with Crippen molar-refractivity contribution in [1.82, 2.24) is 0 Å². The Morgan fingerprint density at radius 3 is 1.89 bits per heavy atom. The Hall–Kier alpha value is -1.38. The van der Waals surface area contributed by atoms with Crippen molar-refractivity contribution in [2.75, 3.05) is 0 Å². The van der Waals surface area contributed by atoms with Gasteiger partial charge in [-0.1, -0.05) is 13.2 Å². The molecule has 0 spiro atoms. The van der Waals surface area contributed by atoms with E-state index in [4.69, 9.17) is 16.6 Å². The molecule has 50 valence electrons. The lowest BCUT2D eigenvalue weighted by Gasteiger charge is -1.95. The Morgan fingerprint density at radius 1 is 1.33 bits per heavy atom. The summed E-state index contributed by atoms with van der Waals surface area (Å²) in [5, 5.41) is 8.59. The summed E-state index contributed by atoms with van der Waals surface area (Å²) in [5.41, 5.74) is 10.8. The Kier molecular flexibility index (Phi) is 2.38. The van der Waals surface area contributed by atoms with E-state index in [0.717, 1.165) is 0 Å². The molecule has 3 heteroatoms. The molecule has 0 aromatic rings. The fraction of sp³-hybridized carbons (Fsp3) is 0. The van der Waals surface area contributed by atoms with Crippen molar-refractivity contribution in [3.63, 3.8) is 0 Å². The lowest BCUT2D eigenvalue weighted by molar-refractivity contribution is 0.425. The Morgan fingerprint density at radius 2 is 1.78 bits per heavy atom. The summed E-state index contributed by atoms with van der Waals surface area (Å²) in [4.78, 5) is 0. The Labute approximate surface area is 54.0 Å². The lowest BCUT2D eigenvalue weighted by Crippen LogP contribution is -2.02. The van der Waals surface area contributed by atoms with Crippen LogP contribution in [0.2, 0.25) is 0 Å². The van der Waals surface area contributed by atoms with E-state index in [2.05, 4.69) is 13.2 Å². The molecule has 0 atom stereocenters. The minimum atomic E-state index is -0.193. The molecule has 0 aliphatic heterocycles. The smallest absolute Gasteiger partial charge is 0.131 e. The molecule has 0 saturated heterocycles. The molecule has 9 heavy (non-hydrogen) atoms. The van der Waals surface area contributed by atoms with Crippen LogP contribution in [0.5, 0.6) is 0 Å². The summed E-state index contributed by atoms with van der Waals surface area (Å²) in [6.07, 6.45) is 1.34. The van der Waals surface area contributed by atoms with Crippen LogP contribution >= 0.6 is 0 Å². The first-order valence-corrected chi connectivity index (χ1v) is 2.34. The largest absolute Gasteiger partial charge is 0.506 e. The lowest BCUT2D eigenvalue weighted by atomic mass is 10.3. The average Bonchev–Trinajstić information content (AvgIpc) is 1.63. The van der Waals surface area contributed by atoms with Crippen LogP contribution in [0, 0.1) is 0 Å². The van der Waals surface area contributed by atoms with Gasteiger partial charge in [0.1, 0.15) is 5.76 Å². The molecule has 0 fully saturated rings. The molecule has 0 rings (SSSR count). The van der Waals surface area contributed by atoms with Crippen molar-refractivity contribution in [1.29, 1.82) is 0 Å². The molecule has 0 unspecified atom stereocenters. The van der Waals surface area contributed by atoms with Crippen molar-refractivity contribution in [2.45, 2.75) is 0 Å². The van der Waals surface area contributed by atoms with E-state index in [1.54, 1.807) is 0 Å². The van der Waals surface area contributed by atoms with Crippen LogP contribution in [0.15, 0.2) is 36.4 Å². The summed E-state index contributed by atoms with van der Waals surface area (Å²) in [7, 11) is 0. The molecule has 0 aliphatic rings.